The van der Waals surface area contributed by atoms with Crippen molar-refractivity contribution in [3.8, 4) is 6.07 Å². The lowest BCUT2D eigenvalue weighted by molar-refractivity contribution is -0.00847. The molecule has 508 valence electrons. The van der Waals surface area contributed by atoms with Crippen LogP contribution in [0.5, 0.6) is 0 Å². The number of likely N-dealkylation sites (N-methyl/N-ethyl adjacent to an activating group) is 2. The molecule has 0 spiro atoms. The topological polar surface area (TPSA) is 274 Å². The smallest absolute Gasteiger partial charge is 0.346 e. The molecule has 6 aromatic rings. The minimum absolute atomic E-state index is 0.0211. The molecule has 25 nitrogen and oxygen atoms in total. The Morgan fingerprint density at radius 1 is 0.542 bits per heavy atom. The summed E-state index contributed by atoms with van der Waals surface area (Å²) in [7, 11) is 0. The molecule has 0 unspecified atom stereocenters. The number of benzene rings is 4. The zero-order chi connectivity index (χ0) is 69.5. The molecule has 0 bridgehead atoms. The summed E-state index contributed by atoms with van der Waals surface area (Å²) < 4.78 is 53.5. The van der Waals surface area contributed by atoms with E-state index in [1.165, 1.54) is 29.6 Å². The minimum Gasteiger partial charge on any atom is -0.460 e. The Kier molecular flexibility index (Phi) is 35.5. The van der Waals surface area contributed by atoms with Gasteiger partial charge in [0, 0.05) is 43.1 Å². The largest absolute Gasteiger partial charge is 0.460 e. The minimum atomic E-state index is -0.550. The number of hydrogen-bond acceptors (Lipinski definition) is 24. The molecule has 0 radical (unpaired) electrons. The van der Waals surface area contributed by atoms with E-state index in [2.05, 4.69) is 81.6 Å². The molecule has 3 heterocycles. The number of anilines is 2. The van der Waals surface area contributed by atoms with Crippen molar-refractivity contribution in [1.29, 1.82) is 5.26 Å². The molecule has 0 aliphatic carbocycles. The molecule has 0 saturated heterocycles. The van der Waals surface area contributed by atoms with Gasteiger partial charge in [-0.1, -0.05) is 37.3 Å². The molecule has 0 amide bonds. The number of aryl methyl sites for hydroxylation is 2. The first-order valence-corrected chi connectivity index (χ1v) is 32.5. The van der Waals surface area contributed by atoms with Gasteiger partial charge in [-0.05, 0) is 118 Å². The van der Waals surface area contributed by atoms with Gasteiger partial charge in [0.15, 0.2) is 5.78 Å². The third kappa shape index (κ3) is 25.3. The Bertz CT molecular complexity index is 3700. The number of carbonyl (C=O) groups excluding carboxylic acids is 4. The normalized spacial score (nSPS) is 11.4. The van der Waals surface area contributed by atoms with Crippen LogP contribution in [0, 0.1) is 58.7 Å². The highest BCUT2D eigenvalue weighted by atomic mass is 32.1. The second-order valence-electron chi connectivity index (χ2n) is 20.4. The van der Waals surface area contributed by atoms with Gasteiger partial charge in [0.2, 0.25) is 16.4 Å². The van der Waals surface area contributed by atoms with E-state index < -0.39 is 17.9 Å². The number of esters is 3. The first kappa shape index (κ1) is 77.7. The zero-order valence-corrected chi connectivity index (χ0v) is 56.7. The fourth-order valence-electron chi connectivity index (χ4n) is 8.83. The highest BCUT2D eigenvalue weighted by Gasteiger charge is 2.28. The van der Waals surface area contributed by atoms with Crippen LogP contribution in [0.25, 0.3) is 14.5 Å². The number of Topliss-reactive ketones (excluding diaryl/α,β-unsaturated/α-hetero) is 1. The Morgan fingerprint density at radius 2 is 0.948 bits per heavy atom. The van der Waals surface area contributed by atoms with E-state index in [-0.39, 0.29) is 31.2 Å². The molecule has 7 rings (SSSR count). The summed E-state index contributed by atoms with van der Waals surface area (Å²) in [5.41, 5.74) is 8.84. The summed E-state index contributed by atoms with van der Waals surface area (Å²) in [5.74, 6) is -1.84. The molecule has 27 heteroatoms. The van der Waals surface area contributed by atoms with Crippen LogP contribution in [0.4, 0.5) is 49.1 Å². The van der Waals surface area contributed by atoms with Gasteiger partial charge in [-0.15, -0.1) is 22.7 Å². The first-order chi connectivity index (χ1) is 46.6. The van der Waals surface area contributed by atoms with Gasteiger partial charge in [-0.25, -0.2) is 28.9 Å². The van der Waals surface area contributed by atoms with E-state index in [1.807, 2.05) is 38.1 Å². The molecule has 1 aliphatic rings. The highest BCUT2D eigenvalue weighted by Crippen LogP contribution is 2.47. The molecule has 1 N–H and O–H groups in total. The second kappa shape index (κ2) is 43.8. The Morgan fingerprint density at radius 3 is 1.35 bits per heavy atom. The van der Waals surface area contributed by atoms with Gasteiger partial charge in [0.05, 0.1) is 165 Å². The predicted octanol–water partition coefficient (Wildman–Crippen LogP) is 13.9. The van der Waals surface area contributed by atoms with Crippen molar-refractivity contribution < 1.29 is 71.7 Å². The summed E-state index contributed by atoms with van der Waals surface area (Å²) in [6.45, 7) is 45.5. The zero-order valence-electron chi connectivity index (χ0n) is 55.1. The fraction of sp³-hybridized carbons (Fsp3) is 0.420. The van der Waals surface area contributed by atoms with Crippen molar-refractivity contribution in [2.75, 3.05) is 155 Å². The molecule has 4 aromatic carbocycles. The van der Waals surface area contributed by atoms with Crippen molar-refractivity contribution in [2.24, 2.45) is 20.5 Å². The van der Waals surface area contributed by atoms with Crippen LogP contribution in [0.2, 0.25) is 0 Å². The quantitative estimate of drug-likeness (QED) is 0.00937. The molecule has 0 atom stereocenters. The van der Waals surface area contributed by atoms with Crippen LogP contribution in [0.15, 0.2) is 105 Å². The lowest BCUT2D eigenvalue weighted by Crippen LogP contribution is -2.27. The number of aliphatic hydroxyl groups is 1. The van der Waals surface area contributed by atoms with Crippen LogP contribution in [0.3, 0.4) is 0 Å². The van der Waals surface area contributed by atoms with Gasteiger partial charge in [0.1, 0.15) is 22.7 Å². The number of nitrogens with zero attached hydrogens (tertiary/aromatic N) is 10. The number of ketones is 1. The summed E-state index contributed by atoms with van der Waals surface area (Å²) in [4.78, 5) is 60.9. The maximum atomic E-state index is 12.2. The summed E-state index contributed by atoms with van der Waals surface area (Å²) >= 11 is 2.37. The third-order valence-corrected chi connectivity index (χ3v) is 16.1. The number of hydrogen-bond donors (Lipinski definition) is 1. The molecule has 2 aromatic heterocycles. The molecular weight excluding hydrogens is 1270 g/mol. The van der Waals surface area contributed by atoms with Crippen molar-refractivity contribution in [3.05, 3.63) is 169 Å². The number of rotatable bonds is 39. The standard InChI is InChI=1S/C35H41N5O7S.C26H35N5O5S.C8H4O3/c1-6-40(28-11-12-31(25(2)23-28)38-39-34-33(37-5)26(3)32(24-36)48-34)13-14-43-15-16-44-17-18-45-19-20-46-21-22-47-35(42)30-10-8-7-9-29(30)27(4)41;1-6-31(9-11-33-13-15-35-17-18-36-16-14-34-12-10-32)22-7-8-23(20(2)19-22)29-30-26-24(27-4)21(3)25(28-5)37-26;9-7-5-3-1-2-4-6(5)8(10)11-7/h7-12,23H,6,13-22H2,1-4H3;7-8,19,32H,6,9-18H2,1-3H3;1-4H. The van der Waals surface area contributed by atoms with Gasteiger partial charge in [-0.3, -0.25) is 4.79 Å². The van der Waals surface area contributed by atoms with Crippen LogP contribution in [-0.2, 0) is 47.4 Å². The fourth-order valence-corrected chi connectivity index (χ4v) is 10.5. The number of nitriles is 1. The van der Waals surface area contributed by atoms with E-state index in [4.69, 9.17) is 67.5 Å². The number of fused-ring (bicyclic) bond motifs is 1. The van der Waals surface area contributed by atoms with Gasteiger partial charge in [-0.2, -0.15) is 25.7 Å². The van der Waals surface area contributed by atoms with Crippen molar-refractivity contribution in [2.45, 2.75) is 48.5 Å². The van der Waals surface area contributed by atoms with E-state index in [0.29, 0.717) is 170 Å². The summed E-state index contributed by atoms with van der Waals surface area (Å²) in [6.07, 6.45) is 0. The van der Waals surface area contributed by atoms with Gasteiger partial charge in [0.25, 0.3) is 0 Å². The summed E-state index contributed by atoms with van der Waals surface area (Å²) in [6, 6.07) is 27.1. The lowest BCUT2D eigenvalue weighted by atomic mass is 10.0. The van der Waals surface area contributed by atoms with E-state index >= 15 is 0 Å². The number of aliphatic hydroxyl groups excluding tert-OH is 1. The Labute approximate surface area is 568 Å². The van der Waals surface area contributed by atoms with Gasteiger partial charge >= 0.3 is 17.9 Å². The predicted molar refractivity (Wildman–Crippen MR) is 365 cm³/mol. The molecule has 96 heavy (non-hydrogen) atoms. The van der Waals surface area contributed by atoms with Crippen LogP contribution in [-0.4, -0.2) is 174 Å². The molecule has 0 fully saturated rings. The average Bonchev–Trinajstić information content (AvgIpc) is 1.70. The number of cyclic esters (lactones) is 2. The number of thiophene rings is 2. The van der Waals surface area contributed by atoms with Crippen LogP contribution >= 0.6 is 22.7 Å². The summed E-state index contributed by atoms with van der Waals surface area (Å²) in [5, 5.41) is 36.5. The Balaban J connectivity index is 0.000000304. The van der Waals surface area contributed by atoms with E-state index in [0.717, 1.165) is 47.8 Å². The Hall–Kier alpha value is -9.04. The SMILES string of the molecule is O=C1OC(=O)c2ccccc21.[C-]#[N+]c1c(N=Nc2ccc(N(CC)CCOCCOCCOCCOCCOC(=O)c3ccccc3C(C)=O)cc2C)sc(C#N)c1C.[C-]#[N+]c1sc(N=Nc2ccc(N(CC)CCOCCOCCOCCOCCO)cc2C)c([N+]#[C-])c1C. The van der Waals surface area contributed by atoms with E-state index in [1.54, 1.807) is 62.4 Å². The maximum Gasteiger partial charge on any atom is 0.346 e. The number of carbonyl (C=O) groups is 4. The highest BCUT2D eigenvalue weighted by molar-refractivity contribution is 7.20. The van der Waals surface area contributed by atoms with Crippen LogP contribution < -0.4 is 9.80 Å². The van der Waals surface area contributed by atoms with Crippen molar-refractivity contribution in [3.63, 3.8) is 0 Å². The average molecular weight is 1350 g/mol. The van der Waals surface area contributed by atoms with Crippen molar-refractivity contribution in [1.82, 2.24) is 0 Å². The van der Waals surface area contributed by atoms with Crippen molar-refractivity contribution >= 4 is 95.5 Å². The first-order valence-electron chi connectivity index (χ1n) is 30.8. The lowest BCUT2D eigenvalue weighted by Gasteiger charge is -2.23. The maximum absolute atomic E-state index is 12.2. The number of ether oxygens (including phenoxy) is 10. The second-order valence-corrected chi connectivity index (χ2v) is 22.4. The van der Waals surface area contributed by atoms with Crippen LogP contribution in [0.1, 0.15) is 89.3 Å². The van der Waals surface area contributed by atoms with Gasteiger partial charge < -0.3 is 62.3 Å². The number of azo groups is 2. The van der Waals surface area contributed by atoms with E-state index in [9.17, 15) is 24.4 Å². The molecule has 0 saturated carbocycles. The molecule has 1 aliphatic heterocycles. The molecular formula is C69H80N10O15S2. The monoisotopic (exact) mass is 1350 g/mol. The third-order valence-electron chi connectivity index (χ3n) is 14.0.